The molecule has 0 aromatic heterocycles. The van der Waals surface area contributed by atoms with E-state index in [1.54, 1.807) is 6.92 Å². The number of hydrogen-bond acceptors (Lipinski definition) is 4. The number of Topliss-reactive ketones (excluding diaryl/α,β-unsaturated/α-hetero) is 1. The van der Waals surface area contributed by atoms with Gasteiger partial charge >= 0.3 is 5.97 Å². The molecule has 3 rings (SSSR count). The normalized spacial score (nSPS) is 24.0. The standard InChI is InChI=1S/C20H24F2O4/c1-2-25-19-16(21)9-13(10-17(19)22)7-8-20(14-5-3-4-6-14)12-15(23)11-18(24)26-20/h9-10,14H,2-8,11-12H2,1H3. The molecular weight excluding hydrogens is 342 g/mol. The highest BCUT2D eigenvalue weighted by atomic mass is 19.1. The first-order valence-corrected chi connectivity index (χ1v) is 9.28. The van der Waals surface area contributed by atoms with Crippen molar-refractivity contribution in [2.24, 2.45) is 5.92 Å². The molecule has 2 fully saturated rings. The molecule has 0 bridgehead atoms. The highest BCUT2D eigenvalue weighted by Gasteiger charge is 2.47. The zero-order chi connectivity index (χ0) is 18.7. The zero-order valence-corrected chi connectivity index (χ0v) is 15.0. The maximum atomic E-state index is 14.1. The molecule has 142 valence electrons. The molecule has 1 atom stereocenters. The summed E-state index contributed by atoms with van der Waals surface area (Å²) in [5, 5.41) is 0. The van der Waals surface area contributed by atoms with Crippen LogP contribution >= 0.6 is 0 Å². The van der Waals surface area contributed by atoms with E-state index in [0.717, 1.165) is 25.7 Å². The average Bonchev–Trinajstić information content (AvgIpc) is 3.11. The summed E-state index contributed by atoms with van der Waals surface area (Å²) in [5.74, 6) is -2.33. The Hall–Kier alpha value is -1.98. The van der Waals surface area contributed by atoms with Crippen LogP contribution in [0.3, 0.4) is 0 Å². The molecule has 2 aliphatic rings. The summed E-state index contributed by atoms with van der Waals surface area (Å²) in [5.41, 5.74) is -0.371. The largest absolute Gasteiger partial charge is 0.488 e. The van der Waals surface area contributed by atoms with Crippen molar-refractivity contribution in [3.63, 3.8) is 0 Å². The Bertz CT molecular complexity index is 656. The summed E-state index contributed by atoms with van der Waals surface area (Å²) in [6.07, 6.45) is 4.65. The average molecular weight is 366 g/mol. The van der Waals surface area contributed by atoms with Crippen LogP contribution in [0.15, 0.2) is 12.1 Å². The van der Waals surface area contributed by atoms with Gasteiger partial charge in [0, 0.05) is 6.42 Å². The van der Waals surface area contributed by atoms with Crippen molar-refractivity contribution in [3.05, 3.63) is 29.3 Å². The first-order chi connectivity index (χ1) is 12.4. The molecule has 1 aliphatic heterocycles. The van der Waals surface area contributed by atoms with E-state index in [0.29, 0.717) is 18.4 Å². The van der Waals surface area contributed by atoms with Crippen LogP contribution in [-0.2, 0) is 20.7 Å². The molecule has 1 aromatic carbocycles. The van der Waals surface area contributed by atoms with E-state index < -0.39 is 23.2 Å². The minimum atomic E-state index is -0.839. The molecule has 1 unspecified atom stereocenters. The SMILES string of the molecule is CCOc1c(F)cc(CCC2(C3CCCC3)CC(=O)CC(=O)O2)cc1F. The lowest BCUT2D eigenvalue weighted by Gasteiger charge is -2.41. The molecule has 1 aliphatic carbocycles. The van der Waals surface area contributed by atoms with Crippen LogP contribution in [0.1, 0.15) is 57.4 Å². The number of ketones is 1. The van der Waals surface area contributed by atoms with E-state index >= 15 is 0 Å². The van der Waals surface area contributed by atoms with E-state index in [2.05, 4.69) is 0 Å². The van der Waals surface area contributed by atoms with Gasteiger partial charge in [-0.2, -0.15) is 0 Å². The summed E-state index contributed by atoms with van der Waals surface area (Å²) >= 11 is 0. The lowest BCUT2D eigenvalue weighted by molar-refractivity contribution is -0.178. The Morgan fingerprint density at radius 3 is 2.42 bits per heavy atom. The third-order valence-corrected chi connectivity index (χ3v) is 5.44. The molecule has 1 saturated heterocycles. The van der Waals surface area contributed by atoms with Gasteiger partial charge in [0.05, 0.1) is 6.61 Å². The topological polar surface area (TPSA) is 52.6 Å². The molecule has 0 spiro atoms. The van der Waals surface area contributed by atoms with Gasteiger partial charge in [-0.3, -0.25) is 9.59 Å². The van der Waals surface area contributed by atoms with Gasteiger partial charge in [-0.25, -0.2) is 8.78 Å². The van der Waals surface area contributed by atoms with Crippen LogP contribution in [0.5, 0.6) is 5.75 Å². The fourth-order valence-electron chi connectivity index (χ4n) is 4.27. The lowest BCUT2D eigenvalue weighted by atomic mass is 9.76. The van der Waals surface area contributed by atoms with E-state index in [1.165, 1.54) is 12.1 Å². The Morgan fingerprint density at radius 2 is 1.85 bits per heavy atom. The van der Waals surface area contributed by atoms with Gasteiger partial charge in [-0.15, -0.1) is 0 Å². The Balaban J connectivity index is 1.80. The number of rotatable bonds is 6. The number of esters is 1. The van der Waals surface area contributed by atoms with Gasteiger partial charge in [-0.1, -0.05) is 12.8 Å². The van der Waals surface area contributed by atoms with Crippen LogP contribution < -0.4 is 4.74 Å². The fourth-order valence-corrected chi connectivity index (χ4v) is 4.27. The third-order valence-electron chi connectivity index (χ3n) is 5.44. The third kappa shape index (κ3) is 3.89. The van der Waals surface area contributed by atoms with E-state index in [-0.39, 0.29) is 36.9 Å². The number of carbonyl (C=O) groups is 2. The maximum Gasteiger partial charge on any atom is 0.313 e. The first-order valence-electron chi connectivity index (χ1n) is 9.28. The van der Waals surface area contributed by atoms with Crippen LogP contribution in [0.25, 0.3) is 0 Å². The summed E-state index contributed by atoms with van der Waals surface area (Å²) in [6, 6.07) is 2.51. The van der Waals surface area contributed by atoms with Crippen LogP contribution in [0, 0.1) is 17.6 Å². The molecule has 1 heterocycles. The molecule has 26 heavy (non-hydrogen) atoms. The van der Waals surface area contributed by atoms with Crippen molar-refractivity contribution in [2.45, 2.75) is 63.9 Å². The smallest absolute Gasteiger partial charge is 0.313 e. The van der Waals surface area contributed by atoms with Crippen LogP contribution in [-0.4, -0.2) is 24.0 Å². The summed E-state index contributed by atoms with van der Waals surface area (Å²) in [6.45, 7) is 1.84. The molecule has 4 nitrogen and oxygen atoms in total. The Kier molecular flexibility index (Phi) is 5.58. The van der Waals surface area contributed by atoms with E-state index in [4.69, 9.17) is 9.47 Å². The number of ether oxygens (including phenoxy) is 2. The van der Waals surface area contributed by atoms with Gasteiger partial charge in [0.2, 0.25) is 0 Å². The van der Waals surface area contributed by atoms with E-state index in [1.807, 2.05) is 0 Å². The van der Waals surface area contributed by atoms with Crippen molar-refractivity contribution < 1.29 is 27.8 Å². The predicted molar refractivity (Wildman–Crippen MR) is 90.9 cm³/mol. The van der Waals surface area contributed by atoms with Gasteiger partial charge in [0.25, 0.3) is 0 Å². The van der Waals surface area contributed by atoms with Crippen molar-refractivity contribution in [3.8, 4) is 5.75 Å². The lowest BCUT2D eigenvalue weighted by Crippen LogP contribution is -2.48. The molecule has 0 amide bonds. The molecule has 0 N–H and O–H groups in total. The second kappa shape index (κ2) is 7.72. The number of halogens is 2. The zero-order valence-electron chi connectivity index (χ0n) is 15.0. The molecule has 1 aromatic rings. The fraction of sp³-hybridized carbons (Fsp3) is 0.600. The minimum absolute atomic E-state index is 0.114. The molecule has 0 radical (unpaired) electrons. The monoisotopic (exact) mass is 366 g/mol. The Labute approximate surface area is 151 Å². The summed E-state index contributed by atoms with van der Waals surface area (Å²) in [4.78, 5) is 23.9. The van der Waals surface area contributed by atoms with Crippen molar-refractivity contribution in [2.75, 3.05) is 6.61 Å². The van der Waals surface area contributed by atoms with Gasteiger partial charge in [0.1, 0.15) is 17.8 Å². The predicted octanol–water partition coefficient (Wildman–Crippen LogP) is 4.13. The van der Waals surface area contributed by atoms with Crippen LogP contribution in [0.4, 0.5) is 8.78 Å². The van der Waals surface area contributed by atoms with Gasteiger partial charge in [0.15, 0.2) is 17.4 Å². The van der Waals surface area contributed by atoms with E-state index in [9.17, 15) is 18.4 Å². The molecule has 1 saturated carbocycles. The van der Waals surface area contributed by atoms with Crippen LogP contribution in [0.2, 0.25) is 0 Å². The number of aryl methyl sites for hydroxylation is 1. The quantitative estimate of drug-likeness (QED) is 0.561. The van der Waals surface area contributed by atoms with Crippen molar-refractivity contribution in [1.29, 1.82) is 0 Å². The number of benzene rings is 1. The molecular formula is C20H24F2O4. The second-order valence-corrected chi connectivity index (χ2v) is 7.23. The number of hydrogen-bond donors (Lipinski definition) is 0. The summed E-state index contributed by atoms with van der Waals surface area (Å²) in [7, 11) is 0. The highest BCUT2D eigenvalue weighted by Crippen LogP contribution is 2.44. The van der Waals surface area contributed by atoms with Gasteiger partial charge < -0.3 is 9.47 Å². The Morgan fingerprint density at radius 1 is 1.19 bits per heavy atom. The highest BCUT2D eigenvalue weighted by molar-refractivity contribution is 5.98. The number of cyclic esters (lactones) is 1. The van der Waals surface area contributed by atoms with Crippen molar-refractivity contribution >= 4 is 11.8 Å². The minimum Gasteiger partial charge on any atom is -0.488 e. The first kappa shape index (κ1) is 18.8. The maximum absolute atomic E-state index is 14.1. The molecule has 6 heteroatoms. The summed E-state index contributed by atoms with van der Waals surface area (Å²) < 4.78 is 38.8. The second-order valence-electron chi connectivity index (χ2n) is 7.23. The van der Waals surface area contributed by atoms with Gasteiger partial charge in [-0.05, 0) is 56.2 Å². The number of carbonyl (C=O) groups excluding carboxylic acids is 2. The van der Waals surface area contributed by atoms with Crippen molar-refractivity contribution in [1.82, 2.24) is 0 Å².